The fourth-order valence-corrected chi connectivity index (χ4v) is 2.82. The maximum Gasteiger partial charge on any atom is 0.225 e. The molecule has 0 aromatic heterocycles. The average Bonchev–Trinajstić information content (AvgIpc) is 2.70. The molecule has 1 unspecified atom stereocenters. The molecule has 2 amide bonds. The molecule has 126 valence electrons. The summed E-state index contributed by atoms with van der Waals surface area (Å²) in [5.41, 5.74) is 0.627. The molecule has 1 aromatic carbocycles. The van der Waals surface area contributed by atoms with E-state index in [2.05, 4.69) is 5.32 Å². The predicted molar refractivity (Wildman–Crippen MR) is 87.8 cm³/mol. The van der Waals surface area contributed by atoms with Crippen LogP contribution in [0.4, 0.5) is 5.69 Å². The van der Waals surface area contributed by atoms with Crippen molar-refractivity contribution in [3.63, 3.8) is 0 Å². The van der Waals surface area contributed by atoms with Crippen LogP contribution in [0.5, 0.6) is 11.5 Å². The molecule has 1 aliphatic heterocycles. The Labute approximate surface area is 136 Å². The van der Waals surface area contributed by atoms with E-state index in [1.54, 1.807) is 44.4 Å². The molecule has 6 heteroatoms. The molecule has 0 aliphatic carbocycles. The van der Waals surface area contributed by atoms with E-state index < -0.39 is 0 Å². The van der Waals surface area contributed by atoms with Gasteiger partial charge < -0.3 is 19.7 Å². The number of methoxy groups -OCH3 is 2. The summed E-state index contributed by atoms with van der Waals surface area (Å²) in [4.78, 5) is 26.2. The van der Waals surface area contributed by atoms with Gasteiger partial charge in [-0.1, -0.05) is 6.42 Å². The first-order valence-corrected chi connectivity index (χ1v) is 7.82. The zero-order valence-electron chi connectivity index (χ0n) is 13.9. The van der Waals surface area contributed by atoms with Crippen molar-refractivity contribution in [3.8, 4) is 11.5 Å². The van der Waals surface area contributed by atoms with Crippen LogP contribution in [0.15, 0.2) is 18.2 Å². The number of likely N-dealkylation sites (tertiary alicyclic amines) is 1. The summed E-state index contributed by atoms with van der Waals surface area (Å²) in [6.45, 7) is 0.770. The standard InChI is InChI=1S/C17H24N2O4/c1-19-9-5-4-6-12(17(19)21)10-16(20)18-13-7-8-14(22-2)15(11-13)23-3/h7-8,11-12H,4-6,9-10H2,1-3H3,(H,18,20). The van der Waals surface area contributed by atoms with Gasteiger partial charge in [-0.05, 0) is 25.0 Å². The smallest absolute Gasteiger partial charge is 0.225 e. The molecule has 0 spiro atoms. The van der Waals surface area contributed by atoms with E-state index in [4.69, 9.17) is 9.47 Å². The second-order valence-electron chi connectivity index (χ2n) is 5.77. The van der Waals surface area contributed by atoms with Crippen LogP contribution in [0.1, 0.15) is 25.7 Å². The molecule has 2 rings (SSSR count). The summed E-state index contributed by atoms with van der Waals surface area (Å²) in [6.07, 6.45) is 2.94. The molecule has 1 heterocycles. The van der Waals surface area contributed by atoms with Crippen LogP contribution < -0.4 is 14.8 Å². The van der Waals surface area contributed by atoms with Crippen molar-refractivity contribution >= 4 is 17.5 Å². The van der Waals surface area contributed by atoms with Gasteiger partial charge >= 0.3 is 0 Å². The van der Waals surface area contributed by atoms with E-state index in [1.807, 2.05) is 0 Å². The minimum Gasteiger partial charge on any atom is -0.493 e. The summed E-state index contributed by atoms with van der Waals surface area (Å²) in [7, 11) is 4.90. The Morgan fingerprint density at radius 1 is 1.26 bits per heavy atom. The number of carbonyl (C=O) groups excluding carboxylic acids is 2. The van der Waals surface area contributed by atoms with Crippen molar-refractivity contribution in [2.75, 3.05) is 33.1 Å². The van der Waals surface area contributed by atoms with Crippen LogP contribution in [-0.4, -0.2) is 44.5 Å². The Kier molecular flexibility index (Phi) is 5.84. The topological polar surface area (TPSA) is 67.9 Å². The van der Waals surface area contributed by atoms with E-state index in [-0.39, 0.29) is 24.2 Å². The summed E-state index contributed by atoms with van der Waals surface area (Å²) >= 11 is 0. The lowest BCUT2D eigenvalue weighted by Crippen LogP contribution is -2.33. The molecule has 1 aliphatic rings. The number of anilines is 1. The first kappa shape index (κ1) is 17.1. The van der Waals surface area contributed by atoms with Crippen molar-refractivity contribution in [1.29, 1.82) is 0 Å². The quantitative estimate of drug-likeness (QED) is 0.904. The van der Waals surface area contributed by atoms with Crippen LogP contribution >= 0.6 is 0 Å². The summed E-state index contributed by atoms with van der Waals surface area (Å²) in [5, 5.41) is 2.83. The van der Waals surface area contributed by atoms with Crippen LogP contribution in [0, 0.1) is 5.92 Å². The zero-order valence-corrected chi connectivity index (χ0v) is 13.9. The number of amides is 2. The molecule has 1 fully saturated rings. The van der Waals surface area contributed by atoms with Crippen molar-refractivity contribution in [1.82, 2.24) is 4.90 Å². The molecular formula is C17H24N2O4. The third-order valence-electron chi connectivity index (χ3n) is 4.12. The first-order valence-electron chi connectivity index (χ1n) is 7.82. The Balaban J connectivity index is 2.00. The maximum absolute atomic E-state index is 12.2. The SMILES string of the molecule is COc1ccc(NC(=O)CC2CCCCN(C)C2=O)cc1OC. The van der Waals surface area contributed by atoms with Gasteiger partial charge in [-0.15, -0.1) is 0 Å². The van der Waals surface area contributed by atoms with Gasteiger partial charge in [0.2, 0.25) is 11.8 Å². The molecule has 1 N–H and O–H groups in total. The predicted octanol–water partition coefficient (Wildman–Crippen LogP) is 2.29. The molecule has 0 bridgehead atoms. The van der Waals surface area contributed by atoms with E-state index in [9.17, 15) is 9.59 Å². The van der Waals surface area contributed by atoms with Crippen LogP contribution in [0.25, 0.3) is 0 Å². The lowest BCUT2D eigenvalue weighted by Gasteiger charge is -2.19. The molecule has 1 saturated heterocycles. The molecule has 6 nitrogen and oxygen atoms in total. The van der Waals surface area contributed by atoms with E-state index in [0.717, 1.165) is 25.8 Å². The number of rotatable bonds is 5. The van der Waals surface area contributed by atoms with E-state index in [1.165, 1.54) is 0 Å². The highest BCUT2D eigenvalue weighted by Crippen LogP contribution is 2.30. The molecule has 1 aromatic rings. The number of hydrogen-bond acceptors (Lipinski definition) is 4. The molecule has 0 saturated carbocycles. The Hall–Kier alpha value is -2.24. The number of hydrogen-bond donors (Lipinski definition) is 1. The third-order valence-corrected chi connectivity index (χ3v) is 4.12. The summed E-state index contributed by atoms with van der Waals surface area (Å²) in [6, 6.07) is 5.19. The Morgan fingerprint density at radius 2 is 2.00 bits per heavy atom. The molecule has 1 atom stereocenters. The third kappa shape index (κ3) is 4.37. The second-order valence-corrected chi connectivity index (χ2v) is 5.77. The van der Waals surface area contributed by atoms with Crippen LogP contribution in [-0.2, 0) is 9.59 Å². The lowest BCUT2D eigenvalue weighted by atomic mass is 9.98. The number of nitrogens with one attached hydrogen (secondary N) is 1. The summed E-state index contributed by atoms with van der Waals surface area (Å²) < 4.78 is 10.4. The average molecular weight is 320 g/mol. The van der Waals surface area contributed by atoms with Crippen molar-refractivity contribution in [2.45, 2.75) is 25.7 Å². The van der Waals surface area contributed by atoms with Crippen molar-refractivity contribution in [2.24, 2.45) is 5.92 Å². The lowest BCUT2D eigenvalue weighted by molar-refractivity contribution is -0.135. The van der Waals surface area contributed by atoms with Gasteiger partial charge in [0, 0.05) is 37.7 Å². The number of nitrogens with zero attached hydrogens (tertiary/aromatic N) is 1. The van der Waals surface area contributed by atoms with Gasteiger partial charge in [0.05, 0.1) is 14.2 Å². The minimum atomic E-state index is -0.234. The second kappa shape index (κ2) is 7.85. The number of benzene rings is 1. The Bertz CT molecular complexity index is 574. The highest BCUT2D eigenvalue weighted by molar-refractivity contribution is 5.94. The first-order chi connectivity index (χ1) is 11.0. The van der Waals surface area contributed by atoms with Crippen LogP contribution in [0.3, 0.4) is 0 Å². The normalized spacial score (nSPS) is 18.3. The highest BCUT2D eigenvalue weighted by Gasteiger charge is 2.26. The maximum atomic E-state index is 12.2. The highest BCUT2D eigenvalue weighted by atomic mass is 16.5. The largest absolute Gasteiger partial charge is 0.493 e. The van der Waals surface area contributed by atoms with Crippen LogP contribution in [0.2, 0.25) is 0 Å². The van der Waals surface area contributed by atoms with Gasteiger partial charge in [-0.3, -0.25) is 9.59 Å². The van der Waals surface area contributed by atoms with Gasteiger partial charge in [-0.2, -0.15) is 0 Å². The Morgan fingerprint density at radius 3 is 2.70 bits per heavy atom. The van der Waals surface area contributed by atoms with Gasteiger partial charge in [0.25, 0.3) is 0 Å². The monoisotopic (exact) mass is 320 g/mol. The summed E-state index contributed by atoms with van der Waals surface area (Å²) in [5.74, 6) is 0.820. The number of carbonyl (C=O) groups is 2. The fraction of sp³-hybridized carbons (Fsp3) is 0.529. The van der Waals surface area contributed by atoms with Gasteiger partial charge in [0.15, 0.2) is 11.5 Å². The van der Waals surface area contributed by atoms with E-state index >= 15 is 0 Å². The van der Waals surface area contributed by atoms with Gasteiger partial charge in [-0.25, -0.2) is 0 Å². The molecular weight excluding hydrogens is 296 g/mol. The molecule has 23 heavy (non-hydrogen) atoms. The van der Waals surface area contributed by atoms with Gasteiger partial charge in [0.1, 0.15) is 0 Å². The van der Waals surface area contributed by atoms with E-state index in [0.29, 0.717) is 17.2 Å². The zero-order chi connectivity index (χ0) is 16.8. The molecule has 0 radical (unpaired) electrons. The minimum absolute atomic E-state index is 0.0601. The number of ether oxygens (including phenoxy) is 2. The van der Waals surface area contributed by atoms with Crippen molar-refractivity contribution < 1.29 is 19.1 Å². The fourth-order valence-electron chi connectivity index (χ4n) is 2.82. The van der Waals surface area contributed by atoms with Crippen molar-refractivity contribution in [3.05, 3.63) is 18.2 Å².